The maximum Gasteiger partial charge on any atom is 0.227 e. The molecule has 124 valence electrons. The van der Waals surface area contributed by atoms with Gasteiger partial charge in [-0.15, -0.1) is 0 Å². The number of nitrogens with one attached hydrogen (secondary N) is 1. The number of benzene rings is 1. The Bertz CT molecular complexity index is 586. The lowest BCUT2D eigenvalue weighted by atomic mass is 10.1. The molecule has 1 aromatic rings. The number of anilines is 1. The van der Waals surface area contributed by atoms with Crippen LogP contribution in [0.3, 0.4) is 0 Å². The standard InChI is InChI=1S/C16H20N2O5/c19-13-3-1-2-12(7-13)18-9-11(6-15(18)20)16(21)17-8-14-10-22-4-5-23-14/h1-3,7,11,14,19H,4-6,8-10H2,(H,17,21). The summed E-state index contributed by atoms with van der Waals surface area (Å²) in [5, 5.41) is 12.3. The molecule has 7 heteroatoms. The Kier molecular flexibility index (Phi) is 4.78. The Morgan fingerprint density at radius 3 is 3.00 bits per heavy atom. The summed E-state index contributed by atoms with van der Waals surface area (Å²) in [7, 11) is 0. The number of rotatable bonds is 4. The van der Waals surface area contributed by atoms with E-state index < -0.39 is 5.92 Å². The molecule has 2 aliphatic heterocycles. The fourth-order valence-corrected chi connectivity index (χ4v) is 2.81. The van der Waals surface area contributed by atoms with E-state index >= 15 is 0 Å². The molecule has 2 saturated heterocycles. The van der Waals surface area contributed by atoms with Gasteiger partial charge in [-0.1, -0.05) is 6.07 Å². The monoisotopic (exact) mass is 320 g/mol. The minimum atomic E-state index is -0.394. The molecule has 2 fully saturated rings. The van der Waals surface area contributed by atoms with Crippen molar-refractivity contribution in [3.8, 4) is 5.75 Å². The molecule has 1 aromatic carbocycles. The second-order valence-electron chi connectivity index (χ2n) is 5.74. The van der Waals surface area contributed by atoms with Crippen molar-refractivity contribution in [1.82, 2.24) is 5.32 Å². The van der Waals surface area contributed by atoms with Crippen LogP contribution in [0.1, 0.15) is 6.42 Å². The average molecular weight is 320 g/mol. The van der Waals surface area contributed by atoms with Crippen LogP contribution in [-0.4, -0.2) is 55.9 Å². The summed E-state index contributed by atoms with van der Waals surface area (Å²) in [6.07, 6.45) is 0.0377. The lowest BCUT2D eigenvalue weighted by molar-refractivity contribution is -0.128. The Labute approximate surface area is 134 Å². The molecule has 3 rings (SSSR count). The third-order valence-electron chi connectivity index (χ3n) is 4.03. The van der Waals surface area contributed by atoms with Gasteiger partial charge in [-0.3, -0.25) is 9.59 Å². The second kappa shape index (κ2) is 6.97. The van der Waals surface area contributed by atoms with Gasteiger partial charge < -0.3 is 24.8 Å². The first-order valence-electron chi connectivity index (χ1n) is 7.70. The highest BCUT2D eigenvalue weighted by atomic mass is 16.6. The lowest BCUT2D eigenvalue weighted by Gasteiger charge is -2.23. The van der Waals surface area contributed by atoms with Gasteiger partial charge in [0.05, 0.1) is 31.8 Å². The zero-order chi connectivity index (χ0) is 16.2. The van der Waals surface area contributed by atoms with Crippen LogP contribution >= 0.6 is 0 Å². The van der Waals surface area contributed by atoms with Gasteiger partial charge in [0.1, 0.15) is 5.75 Å². The van der Waals surface area contributed by atoms with Gasteiger partial charge in [0, 0.05) is 31.3 Å². The van der Waals surface area contributed by atoms with E-state index in [2.05, 4.69) is 5.32 Å². The van der Waals surface area contributed by atoms with Crippen LogP contribution in [0.15, 0.2) is 24.3 Å². The largest absolute Gasteiger partial charge is 0.508 e. The van der Waals surface area contributed by atoms with Gasteiger partial charge in [-0.25, -0.2) is 0 Å². The molecule has 2 aliphatic rings. The van der Waals surface area contributed by atoms with Crippen molar-refractivity contribution in [2.24, 2.45) is 5.92 Å². The third kappa shape index (κ3) is 3.80. The molecule has 0 saturated carbocycles. The zero-order valence-corrected chi connectivity index (χ0v) is 12.7. The number of phenolic OH excluding ortho intramolecular Hbond substituents is 1. The SMILES string of the molecule is O=C(NCC1COCCO1)C1CC(=O)N(c2cccc(O)c2)C1. The van der Waals surface area contributed by atoms with Crippen LogP contribution in [0, 0.1) is 5.92 Å². The summed E-state index contributed by atoms with van der Waals surface area (Å²) in [6.45, 7) is 2.29. The zero-order valence-electron chi connectivity index (χ0n) is 12.7. The van der Waals surface area contributed by atoms with Crippen molar-refractivity contribution in [3.63, 3.8) is 0 Å². The molecule has 2 amide bonds. The second-order valence-corrected chi connectivity index (χ2v) is 5.74. The molecule has 0 bridgehead atoms. The number of carbonyl (C=O) groups is 2. The fourth-order valence-electron chi connectivity index (χ4n) is 2.81. The van der Waals surface area contributed by atoms with E-state index in [-0.39, 0.29) is 30.1 Å². The summed E-state index contributed by atoms with van der Waals surface area (Å²) in [5.74, 6) is -0.574. The fraction of sp³-hybridized carbons (Fsp3) is 0.500. The molecule has 23 heavy (non-hydrogen) atoms. The molecular formula is C16H20N2O5. The van der Waals surface area contributed by atoms with Gasteiger partial charge in [0.15, 0.2) is 0 Å². The van der Waals surface area contributed by atoms with E-state index in [9.17, 15) is 14.7 Å². The Morgan fingerprint density at radius 1 is 1.39 bits per heavy atom. The van der Waals surface area contributed by atoms with Crippen molar-refractivity contribution in [2.45, 2.75) is 12.5 Å². The van der Waals surface area contributed by atoms with Crippen LogP contribution in [-0.2, 0) is 19.1 Å². The highest BCUT2D eigenvalue weighted by molar-refractivity contribution is 6.00. The van der Waals surface area contributed by atoms with Crippen LogP contribution in [0.4, 0.5) is 5.69 Å². The summed E-state index contributed by atoms with van der Waals surface area (Å²) < 4.78 is 10.8. The maximum absolute atomic E-state index is 12.2. The number of phenols is 1. The highest BCUT2D eigenvalue weighted by Gasteiger charge is 2.35. The van der Waals surface area contributed by atoms with Crippen LogP contribution in [0.2, 0.25) is 0 Å². The molecule has 2 unspecified atom stereocenters. The first-order chi connectivity index (χ1) is 11.1. The number of ether oxygens (including phenoxy) is 2. The number of amides is 2. The van der Waals surface area contributed by atoms with Crippen LogP contribution < -0.4 is 10.2 Å². The third-order valence-corrected chi connectivity index (χ3v) is 4.03. The molecule has 0 aromatic heterocycles. The summed E-state index contributed by atoms with van der Waals surface area (Å²) in [6, 6.07) is 6.47. The van der Waals surface area contributed by atoms with Gasteiger partial charge in [-0.2, -0.15) is 0 Å². The van der Waals surface area contributed by atoms with E-state index in [0.717, 1.165) is 0 Å². The Balaban J connectivity index is 1.55. The molecule has 2 heterocycles. The summed E-state index contributed by atoms with van der Waals surface area (Å²) in [4.78, 5) is 25.9. The predicted octanol–water partition coefficient (Wildman–Crippen LogP) is 0.277. The molecule has 0 radical (unpaired) electrons. The minimum Gasteiger partial charge on any atom is -0.508 e. The normalized spacial score (nSPS) is 24.7. The van der Waals surface area contributed by atoms with Gasteiger partial charge >= 0.3 is 0 Å². The molecule has 2 atom stereocenters. The first kappa shape index (κ1) is 15.8. The number of aromatic hydroxyl groups is 1. The smallest absolute Gasteiger partial charge is 0.227 e. The first-order valence-corrected chi connectivity index (χ1v) is 7.70. The van der Waals surface area contributed by atoms with E-state index in [1.54, 1.807) is 18.2 Å². The van der Waals surface area contributed by atoms with Crippen LogP contribution in [0.5, 0.6) is 5.75 Å². The van der Waals surface area contributed by atoms with Gasteiger partial charge in [0.25, 0.3) is 0 Å². The molecule has 7 nitrogen and oxygen atoms in total. The van der Waals surface area contributed by atoms with Gasteiger partial charge in [0.2, 0.25) is 11.8 Å². The molecule has 0 aliphatic carbocycles. The van der Waals surface area contributed by atoms with Gasteiger partial charge in [-0.05, 0) is 12.1 Å². The van der Waals surface area contributed by atoms with Crippen molar-refractivity contribution in [2.75, 3.05) is 37.8 Å². The van der Waals surface area contributed by atoms with Crippen molar-refractivity contribution < 1.29 is 24.2 Å². The predicted molar refractivity (Wildman–Crippen MR) is 82.1 cm³/mol. The number of hydrogen-bond acceptors (Lipinski definition) is 5. The molecule has 2 N–H and O–H groups in total. The lowest BCUT2D eigenvalue weighted by Crippen LogP contribution is -2.42. The highest BCUT2D eigenvalue weighted by Crippen LogP contribution is 2.27. The van der Waals surface area contributed by atoms with Crippen LogP contribution in [0.25, 0.3) is 0 Å². The van der Waals surface area contributed by atoms with E-state index in [1.807, 2.05) is 0 Å². The van der Waals surface area contributed by atoms with E-state index in [4.69, 9.17) is 9.47 Å². The number of nitrogens with zero attached hydrogens (tertiary/aromatic N) is 1. The van der Waals surface area contributed by atoms with E-state index in [0.29, 0.717) is 38.6 Å². The molecular weight excluding hydrogens is 300 g/mol. The topological polar surface area (TPSA) is 88.1 Å². The minimum absolute atomic E-state index is 0.0950. The number of carbonyl (C=O) groups excluding carboxylic acids is 2. The quantitative estimate of drug-likeness (QED) is 0.832. The molecule has 0 spiro atoms. The van der Waals surface area contributed by atoms with E-state index in [1.165, 1.54) is 11.0 Å². The summed E-state index contributed by atoms with van der Waals surface area (Å²) in [5.41, 5.74) is 0.606. The Morgan fingerprint density at radius 2 is 2.26 bits per heavy atom. The summed E-state index contributed by atoms with van der Waals surface area (Å²) >= 11 is 0. The number of hydrogen-bond donors (Lipinski definition) is 2. The Hall–Kier alpha value is -2.12. The maximum atomic E-state index is 12.2. The van der Waals surface area contributed by atoms with Crippen molar-refractivity contribution in [3.05, 3.63) is 24.3 Å². The van der Waals surface area contributed by atoms with Crippen molar-refractivity contribution in [1.29, 1.82) is 0 Å². The average Bonchev–Trinajstić information content (AvgIpc) is 2.95. The van der Waals surface area contributed by atoms with Crippen molar-refractivity contribution >= 4 is 17.5 Å².